The number of aromatic nitrogens is 1. The third-order valence-electron chi connectivity index (χ3n) is 2.47. The van der Waals surface area contributed by atoms with Gasteiger partial charge in [-0.05, 0) is 30.0 Å². The summed E-state index contributed by atoms with van der Waals surface area (Å²) in [6.07, 6.45) is 1.02. The molecule has 2 aromatic rings. The molecular formula is C13H18N2OS. The molecule has 0 aliphatic carbocycles. The molecule has 0 aliphatic heterocycles. The molecule has 0 saturated heterocycles. The van der Waals surface area contributed by atoms with E-state index in [-0.39, 0.29) is 0 Å². The molecule has 2 N–H and O–H groups in total. The molecule has 0 fully saturated rings. The Labute approximate surface area is 106 Å². The number of anilines is 1. The van der Waals surface area contributed by atoms with Crippen LogP contribution < -0.4 is 10.5 Å². The third kappa shape index (κ3) is 3.33. The van der Waals surface area contributed by atoms with E-state index < -0.39 is 0 Å². The van der Waals surface area contributed by atoms with Crippen molar-refractivity contribution in [1.29, 1.82) is 0 Å². The maximum Gasteiger partial charge on any atom is 0.274 e. The Hall–Kier alpha value is -1.29. The lowest BCUT2D eigenvalue weighted by molar-refractivity contribution is 0.242. The van der Waals surface area contributed by atoms with Gasteiger partial charge in [0.15, 0.2) is 0 Å². The van der Waals surface area contributed by atoms with Gasteiger partial charge in [0.2, 0.25) is 0 Å². The van der Waals surface area contributed by atoms with Crippen LogP contribution in [0.4, 0.5) is 5.69 Å². The molecule has 0 unspecified atom stereocenters. The number of nitrogens with two attached hydrogens (primary N) is 1. The second kappa shape index (κ2) is 4.53. The van der Waals surface area contributed by atoms with E-state index in [2.05, 4.69) is 25.8 Å². The number of nitrogen functional groups attached to an aromatic ring is 1. The van der Waals surface area contributed by atoms with Crippen LogP contribution in [-0.4, -0.2) is 11.6 Å². The van der Waals surface area contributed by atoms with Crippen LogP contribution >= 0.6 is 11.3 Å². The first-order valence-electron chi connectivity index (χ1n) is 5.73. The second-order valence-corrected chi connectivity index (χ2v) is 6.36. The smallest absolute Gasteiger partial charge is 0.274 e. The van der Waals surface area contributed by atoms with Crippen molar-refractivity contribution in [3.05, 3.63) is 18.2 Å². The molecule has 92 valence electrons. The van der Waals surface area contributed by atoms with Gasteiger partial charge in [0.1, 0.15) is 0 Å². The summed E-state index contributed by atoms with van der Waals surface area (Å²) < 4.78 is 6.75. The second-order valence-electron chi connectivity index (χ2n) is 5.37. The minimum Gasteiger partial charge on any atom is -0.470 e. The van der Waals surface area contributed by atoms with Crippen LogP contribution in [-0.2, 0) is 0 Å². The van der Waals surface area contributed by atoms with Crippen LogP contribution in [0.5, 0.6) is 5.19 Å². The SMILES string of the molecule is CC(C)(C)CCOc1nc2ccc(N)cc2s1. The zero-order valence-corrected chi connectivity index (χ0v) is 11.3. The van der Waals surface area contributed by atoms with Gasteiger partial charge in [-0.3, -0.25) is 0 Å². The minimum atomic E-state index is 0.293. The highest BCUT2D eigenvalue weighted by molar-refractivity contribution is 7.20. The fourth-order valence-corrected chi connectivity index (χ4v) is 2.31. The molecule has 0 spiro atoms. The Kier molecular flexibility index (Phi) is 3.24. The molecule has 0 saturated carbocycles. The van der Waals surface area contributed by atoms with Crippen molar-refractivity contribution in [3.8, 4) is 5.19 Å². The Morgan fingerprint density at radius 2 is 2.12 bits per heavy atom. The highest BCUT2D eigenvalue weighted by Crippen LogP contribution is 2.29. The van der Waals surface area contributed by atoms with E-state index in [9.17, 15) is 0 Å². The molecule has 0 aliphatic rings. The molecule has 2 rings (SSSR count). The molecule has 0 atom stereocenters. The fraction of sp³-hybridized carbons (Fsp3) is 0.462. The highest BCUT2D eigenvalue weighted by Gasteiger charge is 2.11. The lowest BCUT2D eigenvalue weighted by Crippen LogP contribution is -2.10. The first-order chi connectivity index (χ1) is 7.94. The molecule has 0 radical (unpaired) electrons. The van der Waals surface area contributed by atoms with Gasteiger partial charge >= 0.3 is 0 Å². The summed E-state index contributed by atoms with van der Waals surface area (Å²) >= 11 is 1.55. The van der Waals surface area contributed by atoms with E-state index in [0.29, 0.717) is 12.0 Å². The molecule has 0 amide bonds. The van der Waals surface area contributed by atoms with Gasteiger partial charge in [-0.25, -0.2) is 4.98 Å². The zero-order chi connectivity index (χ0) is 12.5. The first kappa shape index (κ1) is 12.2. The van der Waals surface area contributed by atoms with Crippen molar-refractivity contribution in [1.82, 2.24) is 4.98 Å². The molecule has 1 aromatic heterocycles. The van der Waals surface area contributed by atoms with Crippen LogP contribution in [0.3, 0.4) is 0 Å². The van der Waals surface area contributed by atoms with E-state index in [4.69, 9.17) is 10.5 Å². The molecule has 1 aromatic carbocycles. The monoisotopic (exact) mass is 250 g/mol. The summed E-state index contributed by atoms with van der Waals surface area (Å²) in [6.45, 7) is 7.32. The number of nitrogens with zero attached hydrogens (tertiary/aromatic N) is 1. The van der Waals surface area contributed by atoms with Gasteiger partial charge in [-0.1, -0.05) is 32.1 Å². The molecule has 17 heavy (non-hydrogen) atoms. The van der Waals surface area contributed by atoms with Crippen molar-refractivity contribution in [2.75, 3.05) is 12.3 Å². The van der Waals surface area contributed by atoms with E-state index in [1.54, 1.807) is 11.3 Å². The number of fused-ring (bicyclic) bond motifs is 1. The summed E-state index contributed by atoms with van der Waals surface area (Å²) in [5, 5.41) is 0.731. The highest BCUT2D eigenvalue weighted by atomic mass is 32.1. The van der Waals surface area contributed by atoms with Crippen molar-refractivity contribution < 1.29 is 4.74 Å². The lowest BCUT2D eigenvalue weighted by atomic mass is 9.93. The Morgan fingerprint density at radius 3 is 2.82 bits per heavy atom. The molecular weight excluding hydrogens is 232 g/mol. The summed E-state index contributed by atoms with van der Waals surface area (Å²) in [5.74, 6) is 0. The van der Waals surface area contributed by atoms with E-state index in [1.165, 1.54) is 0 Å². The molecule has 3 nitrogen and oxygen atoms in total. The summed E-state index contributed by atoms with van der Waals surface area (Å²) in [5.41, 5.74) is 7.74. The standard InChI is InChI=1S/C13H18N2OS/c1-13(2,3)6-7-16-12-15-10-5-4-9(14)8-11(10)17-12/h4-5,8H,6-7,14H2,1-3H3. The maximum absolute atomic E-state index is 5.73. The van der Waals surface area contributed by atoms with Crippen LogP contribution in [0.25, 0.3) is 10.2 Å². The van der Waals surface area contributed by atoms with Gasteiger partial charge in [0.05, 0.1) is 16.8 Å². The first-order valence-corrected chi connectivity index (χ1v) is 6.55. The topological polar surface area (TPSA) is 48.1 Å². The van der Waals surface area contributed by atoms with Crippen LogP contribution in [0.15, 0.2) is 18.2 Å². The van der Waals surface area contributed by atoms with Crippen LogP contribution in [0, 0.1) is 5.41 Å². The quantitative estimate of drug-likeness (QED) is 0.845. The van der Waals surface area contributed by atoms with E-state index in [1.807, 2.05) is 18.2 Å². The normalized spacial score (nSPS) is 11.9. The number of hydrogen-bond acceptors (Lipinski definition) is 4. The Morgan fingerprint density at radius 1 is 1.35 bits per heavy atom. The van der Waals surface area contributed by atoms with Gasteiger partial charge < -0.3 is 10.5 Å². The van der Waals surface area contributed by atoms with E-state index in [0.717, 1.165) is 27.5 Å². The van der Waals surface area contributed by atoms with Crippen LogP contribution in [0.2, 0.25) is 0 Å². The van der Waals surface area contributed by atoms with Gasteiger partial charge in [0, 0.05) is 5.69 Å². The maximum atomic E-state index is 5.73. The number of benzene rings is 1. The van der Waals surface area contributed by atoms with E-state index >= 15 is 0 Å². The number of ether oxygens (including phenoxy) is 1. The predicted molar refractivity (Wildman–Crippen MR) is 73.6 cm³/mol. The molecule has 4 heteroatoms. The van der Waals surface area contributed by atoms with Crippen molar-refractivity contribution in [3.63, 3.8) is 0 Å². The van der Waals surface area contributed by atoms with Crippen molar-refractivity contribution >= 4 is 27.2 Å². The predicted octanol–water partition coefficient (Wildman–Crippen LogP) is 3.69. The van der Waals surface area contributed by atoms with Gasteiger partial charge in [-0.15, -0.1) is 0 Å². The van der Waals surface area contributed by atoms with Crippen molar-refractivity contribution in [2.24, 2.45) is 5.41 Å². The average Bonchev–Trinajstić information content (AvgIpc) is 2.57. The Bertz CT molecular complexity index is 514. The van der Waals surface area contributed by atoms with Crippen LogP contribution in [0.1, 0.15) is 27.2 Å². The van der Waals surface area contributed by atoms with Gasteiger partial charge in [0.25, 0.3) is 5.19 Å². The summed E-state index contributed by atoms with van der Waals surface area (Å²) in [6, 6.07) is 5.72. The minimum absolute atomic E-state index is 0.293. The fourth-order valence-electron chi connectivity index (χ4n) is 1.43. The molecule has 0 bridgehead atoms. The number of rotatable bonds is 3. The van der Waals surface area contributed by atoms with Crippen molar-refractivity contribution in [2.45, 2.75) is 27.2 Å². The lowest BCUT2D eigenvalue weighted by Gasteiger charge is -2.17. The largest absolute Gasteiger partial charge is 0.470 e. The number of hydrogen-bond donors (Lipinski definition) is 1. The summed E-state index contributed by atoms with van der Waals surface area (Å²) in [7, 11) is 0. The third-order valence-corrected chi connectivity index (χ3v) is 3.40. The Balaban J connectivity index is 2.05. The summed E-state index contributed by atoms with van der Waals surface area (Å²) in [4.78, 5) is 4.41. The van der Waals surface area contributed by atoms with Gasteiger partial charge in [-0.2, -0.15) is 0 Å². The zero-order valence-electron chi connectivity index (χ0n) is 10.5. The molecule has 1 heterocycles. The average molecular weight is 250 g/mol. The number of thiazole rings is 1.